The molecule has 3 aromatic heterocycles. The molecule has 8 nitrogen and oxygen atoms in total. The minimum Gasteiger partial charge on any atom is -0.353 e. The molecule has 1 aliphatic rings. The maximum atomic E-state index is 13.0. The Kier molecular flexibility index (Phi) is 6.37. The first-order chi connectivity index (χ1) is 16.6. The largest absolute Gasteiger partial charge is 0.353 e. The molecule has 1 aliphatic heterocycles. The number of amides is 1. The van der Waals surface area contributed by atoms with Crippen LogP contribution >= 0.6 is 22.9 Å². The fourth-order valence-electron chi connectivity index (χ4n) is 3.77. The first-order valence-electron chi connectivity index (χ1n) is 10.9. The Hall–Kier alpha value is -3.56. The van der Waals surface area contributed by atoms with Crippen LogP contribution in [-0.2, 0) is 0 Å². The molecule has 172 valence electrons. The number of anilines is 3. The number of hydrogen-bond donors (Lipinski definition) is 1. The molecule has 34 heavy (non-hydrogen) atoms. The molecular formula is C24H22ClN7OS. The fraction of sp³-hybridized carbons (Fsp3) is 0.208. The predicted octanol–water partition coefficient (Wildman–Crippen LogP) is 4.54. The quantitative estimate of drug-likeness (QED) is 0.438. The number of pyridine rings is 1. The van der Waals surface area contributed by atoms with Crippen LogP contribution in [0.5, 0.6) is 0 Å². The van der Waals surface area contributed by atoms with Crippen LogP contribution in [0.3, 0.4) is 0 Å². The lowest BCUT2D eigenvalue weighted by Crippen LogP contribution is -2.47. The molecule has 4 heterocycles. The molecule has 0 radical (unpaired) electrons. The van der Waals surface area contributed by atoms with Crippen LogP contribution < -0.4 is 15.1 Å². The zero-order chi connectivity index (χ0) is 23.5. The van der Waals surface area contributed by atoms with Crippen LogP contribution in [0.1, 0.15) is 15.4 Å². The number of halogens is 1. The monoisotopic (exact) mass is 491 g/mol. The van der Waals surface area contributed by atoms with E-state index in [1.165, 1.54) is 11.3 Å². The predicted molar refractivity (Wildman–Crippen MR) is 136 cm³/mol. The molecule has 1 saturated heterocycles. The van der Waals surface area contributed by atoms with Crippen LogP contribution in [-0.4, -0.2) is 52.0 Å². The van der Waals surface area contributed by atoms with Gasteiger partial charge in [0.2, 0.25) is 5.95 Å². The molecule has 1 amide bonds. The molecule has 1 fully saturated rings. The number of benzene rings is 1. The Morgan fingerprint density at radius 3 is 2.35 bits per heavy atom. The first-order valence-corrected chi connectivity index (χ1v) is 12.0. The zero-order valence-electron chi connectivity index (χ0n) is 18.5. The van der Waals surface area contributed by atoms with Crippen molar-refractivity contribution in [3.8, 4) is 10.6 Å². The number of nitrogens with one attached hydrogen (secondary N) is 1. The summed E-state index contributed by atoms with van der Waals surface area (Å²) in [5.74, 6) is 1.77. The Balaban J connectivity index is 1.26. The first kappa shape index (κ1) is 22.2. The third-order valence-electron chi connectivity index (χ3n) is 5.54. The van der Waals surface area contributed by atoms with Crippen molar-refractivity contribution < 1.29 is 4.79 Å². The summed E-state index contributed by atoms with van der Waals surface area (Å²) in [6.45, 7) is 5.12. The number of aromatic nitrogens is 4. The third-order valence-corrected chi connectivity index (χ3v) is 6.99. The number of hydrogen-bond acceptors (Lipinski definition) is 8. The second-order valence-electron chi connectivity index (χ2n) is 7.80. The number of aryl methyl sites for hydroxylation is 1. The average Bonchev–Trinajstić information content (AvgIpc) is 3.27. The van der Waals surface area contributed by atoms with Gasteiger partial charge in [-0.2, -0.15) is 4.98 Å². The molecular weight excluding hydrogens is 470 g/mol. The molecule has 1 aromatic carbocycles. The molecule has 0 saturated carbocycles. The van der Waals surface area contributed by atoms with Crippen molar-refractivity contribution in [2.24, 2.45) is 0 Å². The molecule has 0 bridgehead atoms. The van der Waals surface area contributed by atoms with Gasteiger partial charge in [0.1, 0.15) is 21.5 Å². The minimum absolute atomic E-state index is 0.271. The molecule has 0 spiro atoms. The van der Waals surface area contributed by atoms with Crippen LogP contribution in [0.4, 0.5) is 17.6 Å². The summed E-state index contributed by atoms with van der Waals surface area (Å²) in [7, 11) is 0. The lowest BCUT2D eigenvalue weighted by Gasteiger charge is -2.36. The van der Waals surface area contributed by atoms with Gasteiger partial charge in [-0.25, -0.2) is 15.0 Å². The van der Waals surface area contributed by atoms with Crippen LogP contribution in [0.2, 0.25) is 5.02 Å². The van der Waals surface area contributed by atoms with E-state index in [0.29, 0.717) is 15.6 Å². The Bertz CT molecular complexity index is 1290. The van der Waals surface area contributed by atoms with Gasteiger partial charge in [-0.05, 0) is 37.3 Å². The van der Waals surface area contributed by atoms with Crippen molar-refractivity contribution in [3.63, 3.8) is 0 Å². The number of carbonyl (C=O) groups is 1. The maximum absolute atomic E-state index is 13.0. The Labute approximate surface area is 206 Å². The van der Waals surface area contributed by atoms with Gasteiger partial charge in [-0.1, -0.05) is 29.8 Å². The van der Waals surface area contributed by atoms with E-state index in [0.717, 1.165) is 48.4 Å². The lowest BCUT2D eigenvalue weighted by atomic mass is 10.2. The van der Waals surface area contributed by atoms with Crippen LogP contribution in [0, 0.1) is 6.92 Å². The maximum Gasteiger partial charge on any atom is 0.270 e. The number of thiazole rings is 1. The van der Waals surface area contributed by atoms with E-state index in [2.05, 4.69) is 35.1 Å². The topological polar surface area (TPSA) is 87.1 Å². The van der Waals surface area contributed by atoms with Gasteiger partial charge in [0.05, 0.1) is 5.69 Å². The van der Waals surface area contributed by atoms with E-state index < -0.39 is 0 Å². The molecule has 0 atom stereocenters. The Morgan fingerprint density at radius 2 is 1.65 bits per heavy atom. The van der Waals surface area contributed by atoms with Crippen molar-refractivity contribution in [2.75, 3.05) is 41.3 Å². The molecule has 10 heteroatoms. The molecule has 1 N–H and O–H groups in total. The standard InChI is InChI=1S/C24H22ClN7OS/c1-16-21(34-23(28-16)17-5-7-18(25)8-6-17)22(33)30-24-27-11-9-20(29-24)32-14-12-31(13-15-32)19-4-2-3-10-26-19/h2-11H,12-15H2,1H3,(H,27,29,30,33). The smallest absolute Gasteiger partial charge is 0.270 e. The normalized spacial score (nSPS) is 13.7. The van der Waals surface area contributed by atoms with E-state index in [4.69, 9.17) is 11.6 Å². The van der Waals surface area contributed by atoms with Gasteiger partial charge >= 0.3 is 0 Å². The fourth-order valence-corrected chi connectivity index (χ4v) is 4.87. The van der Waals surface area contributed by atoms with Crippen molar-refractivity contribution in [3.05, 3.63) is 76.5 Å². The van der Waals surface area contributed by atoms with Crippen molar-refractivity contribution in [1.82, 2.24) is 19.9 Å². The number of rotatable bonds is 5. The van der Waals surface area contributed by atoms with E-state index >= 15 is 0 Å². The number of nitrogens with zero attached hydrogens (tertiary/aromatic N) is 6. The second kappa shape index (κ2) is 9.74. The third kappa shape index (κ3) is 4.85. The Morgan fingerprint density at radius 1 is 0.912 bits per heavy atom. The van der Waals surface area contributed by atoms with Gasteiger partial charge < -0.3 is 9.80 Å². The highest BCUT2D eigenvalue weighted by Gasteiger charge is 2.21. The number of piperazine rings is 1. The highest BCUT2D eigenvalue weighted by Crippen LogP contribution is 2.29. The van der Waals surface area contributed by atoms with Gasteiger partial charge in [0, 0.05) is 49.2 Å². The van der Waals surface area contributed by atoms with Crippen LogP contribution in [0.15, 0.2) is 60.9 Å². The summed E-state index contributed by atoms with van der Waals surface area (Å²) in [6.07, 6.45) is 3.48. The van der Waals surface area contributed by atoms with Gasteiger partial charge in [0.25, 0.3) is 5.91 Å². The van der Waals surface area contributed by atoms with E-state index in [1.807, 2.05) is 61.7 Å². The van der Waals surface area contributed by atoms with Gasteiger partial charge in [-0.3, -0.25) is 10.1 Å². The van der Waals surface area contributed by atoms with E-state index in [9.17, 15) is 4.79 Å². The summed E-state index contributed by atoms with van der Waals surface area (Å²) in [5, 5.41) is 4.25. The highest BCUT2D eigenvalue weighted by atomic mass is 35.5. The van der Waals surface area contributed by atoms with Crippen molar-refractivity contribution >= 4 is 46.4 Å². The molecule has 5 rings (SSSR count). The SMILES string of the molecule is Cc1nc(-c2ccc(Cl)cc2)sc1C(=O)Nc1nccc(N2CCN(c3ccccn3)CC2)n1. The van der Waals surface area contributed by atoms with Crippen molar-refractivity contribution in [2.45, 2.75) is 6.92 Å². The lowest BCUT2D eigenvalue weighted by molar-refractivity contribution is 0.102. The average molecular weight is 492 g/mol. The summed E-state index contributed by atoms with van der Waals surface area (Å²) < 4.78 is 0. The molecule has 0 unspecified atom stereocenters. The molecule has 4 aromatic rings. The summed E-state index contributed by atoms with van der Waals surface area (Å²) in [5.41, 5.74) is 1.58. The number of carbonyl (C=O) groups excluding carboxylic acids is 1. The molecule has 0 aliphatic carbocycles. The summed E-state index contributed by atoms with van der Waals surface area (Å²) in [4.78, 5) is 35.7. The van der Waals surface area contributed by atoms with Gasteiger partial charge in [0.15, 0.2) is 0 Å². The van der Waals surface area contributed by atoms with Crippen LogP contribution in [0.25, 0.3) is 10.6 Å². The minimum atomic E-state index is -0.271. The zero-order valence-corrected chi connectivity index (χ0v) is 20.1. The summed E-state index contributed by atoms with van der Waals surface area (Å²) >= 11 is 7.31. The van der Waals surface area contributed by atoms with E-state index in [-0.39, 0.29) is 11.9 Å². The highest BCUT2D eigenvalue weighted by molar-refractivity contribution is 7.17. The second-order valence-corrected chi connectivity index (χ2v) is 9.23. The van der Waals surface area contributed by atoms with Gasteiger partial charge in [-0.15, -0.1) is 11.3 Å². The van der Waals surface area contributed by atoms with Crippen molar-refractivity contribution in [1.29, 1.82) is 0 Å². The summed E-state index contributed by atoms with van der Waals surface area (Å²) in [6, 6.07) is 15.2. The van der Waals surface area contributed by atoms with E-state index in [1.54, 1.807) is 6.20 Å².